The van der Waals surface area contributed by atoms with Gasteiger partial charge >= 0.3 is 6.18 Å². The van der Waals surface area contributed by atoms with Crippen molar-refractivity contribution in [3.05, 3.63) is 64.9 Å². The molecule has 4 aromatic rings. The van der Waals surface area contributed by atoms with Gasteiger partial charge in [-0.05, 0) is 86.3 Å². The molecule has 2 unspecified atom stereocenters. The molecule has 0 saturated carbocycles. The number of alkyl halides is 3. The van der Waals surface area contributed by atoms with Crippen LogP contribution in [-0.2, 0) is 24.3 Å². The highest BCUT2D eigenvalue weighted by atomic mass is 32.1. The molecule has 0 aliphatic carbocycles. The molecule has 0 bridgehead atoms. The van der Waals surface area contributed by atoms with Crippen molar-refractivity contribution in [2.24, 2.45) is 11.8 Å². The Kier molecular flexibility index (Phi) is 10.1. The Labute approximate surface area is 283 Å². The second-order valence-corrected chi connectivity index (χ2v) is 14.5. The van der Waals surface area contributed by atoms with Gasteiger partial charge in [-0.2, -0.15) is 18.4 Å². The quantitative estimate of drug-likeness (QED) is 0.185. The number of carbonyl (C=O) groups is 1. The summed E-state index contributed by atoms with van der Waals surface area (Å²) in [5.74, 6) is 1.44. The van der Waals surface area contributed by atoms with E-state index in [1.54, 1.807) is 6.07 Å². The Balaban J connectivity index is 1.08. The molecule has 2 saturated heterocycles. The van der Waals surface area contributed by atoms with Crippen LogP contribution in [0.3, 0.4) is 0 Å². The van der Waals surface area contributed by atoms with Crippen LogP contribution >= 0.6 is 11.3 Å². The molecular formula is C36H42F3N7OS. The van der Waals surface area contributed by atoms with Crippen LogP contribution in [0.2, 0.25) is 0 Å². The number of nitrogens with one attached hydrogen (secondary N) is 1. The number of hydrogen-bond acceptors (Lipinski definition) is 7. The number of amides is 1. The van der Waals surface area contributed by atoms with Crippen molar-refractivity contribution in [2.75, 3.05) is 31.5 Å². The number of piperidine rings is 1. The van der Waals surface area contributed by atoms with Crippen LogP contribution in [-0.4, -0.2) is 68.6 Å². The van der Waals surface area contributed by atoms with Crippen molar-refractivity contribution in [3.8, 4) is 6.07 Å². The van der Waals surface area contributed by atoms with E-state index in [-0.39, 0.29) is 16.8 Å². The molecule has 2 fully saturated rings. The number of hydrogen-bond donors (Lipinski definition) is 1. The third-order valence-corrected chi connectivity index (χ3v) is 11.2. The van der Waals surface area contributed by atoms with Crippen LogP contribution < -0.4 is 5.32 Å². The Hall–Kier alpha value is -3.95. The molecular weight excluding hydrogens is 636 g/mol. The topological polar surface area (TPSA) is 90.1 Å². The number of nitrogens with zero attached hydrogens (tertiary/aromatic N) is 6. The average Bonchev–Trinajstić information content (AvgIpc) is 3.53. The minimum absolute atomic E-state index is 0.00450. The van der Waals surface area contributed by atoms with Gasteiger partial charge < -0.3 is 14.8 Å². The maximum Gasteiger partial charge on any atom is 0.393 e. The first-order valence-electron chi connectivity index (χ1n) is 16.7. The number of thiophene rings is 1. The van der Waals surface area contributed by atoms with Gasteiger partial charge in [0.05, 0.1) is 11.8 Å². The lowest BCUT2D eigenvalue weighted by molar-refractivity contribution is -0.127. The average molecular weight is 678 g/mol. The van der Waals surface area contributed by atoms with Crippen molar-refractivity contribution in [1.29, 1.82) is 5.26 Å². The first-order valence-corrected chi connectivity index (χ1v) is 17.6. The summed E-state index contributed by atoms with van der Waals surface area (Å²) in [5, 5.41) is 15.3. The second kappa shape index (κ2) is 14.3. The number of benzene rings is 1. The summed E-state index contributed by atoms with van der Waals surface area (Å²) in [6.07, 6.45) is 2.38. The van der Waals surface area contributed by atoms with Gasteiger partial charge in [-0.1, -0.05) is 19.6 Å². The zero-order valence-corrected chi connectivity index (χ0v) is 28.3. The minimum Gasteiger partial charge on any atom is -0.367 e. The number of carbonyl (C=O) groups excluding carboxylic acids is 1. The first-order chi connectivity index (χ1) is 23.0. The predicted octanol–water partition coefficient (Wildman–Crippen LogP) is 7.46. The fourth-order valence-electron chi connectivity index (χ4n) is 7.43. The normalized spacial score (nSPS) is 18.9. The first kappa shape index (κ1) is 33.9. The third-order valence-electron chi connectivity index (χ3n) is 10.2. The van der Waals surface area contributed by atoms with E-state index in [1.165, 1.54) is 23.5 Å². The molecule has 0 spiro atoms. The summed E-state index contributed by atoms with van der Waals surface area (Å²) in [5.41, 5.74) is 4.20. The van der Waals surface area contributed by atoms with Gasteiger partial charge in [0.25, 0.3) is 0 Å². The zero-order chi connectivity index (χ0) is 34.0. The fourth-order valence-corrected chi connectivity index (χ4v) is 8.46. The zero-order valence-electron chi connectivity index (χ0n) is 27.5. The van der Waals surface area contributed by atoms with Gasteiger partial charge in [0.1, 0.15) is 28.7 Å². The predicted molar refractivity (Wildman–Crippen MR) is 184 cm³/mol. The number of nitriles is 1. The Morgan fingerprint density at radius 2 is 1.94 bits per heavy atom. The number of likely N-dealkylation sites (tertiary alicyclic amines) is 2. The Bertz CT molecular complexity index is 1830. The van der Waals surface area contributed by atoms with Gasteiger partial charge in [-0.15, -0.1) is 11.3 Å². The lowest BCUT2D eigenvalue weighted by Crippen LogP contribution is -2.39. The third kappa shape index (κ3) is 7.52. The number of aromatic nitrogens is 3. The van der Waals surface area contributed by atoms with Crippen LogP contribution in [0.15, 0.2) is 43.2 Å². The van der Waals surface area contributed by atoms with Gasteiger partial charge in [0, 0.05) is 61.1 Å². The molecule has 6 rings (SSSR count). The summed E-state index contributed by atoms with van der Waals surface area (Å²) < 4.78 is 41.0. The number of anilines is 1. The van der Waals surface area contributed by atoms with Gasteiger partial charge in [-0.25, -0.2) is 9.97 Å². The Morgan fingerprint density at radius 1 is 1.15 bits per heavy atom. The van der Waals surface area contributed by atoms with E-state index in [0.29, 0.717) is 33.6 Å². The highest BCUT2D eigenvalue weighted by Crippen LogP contribution is 2.34. The van der Waals surface area contributed by atoms with Crippen molar-refractivity contribution in [2.45, 2.75) is 77.7 Å². The van der Waals surface area contributed by atoms with E-state index >= 15 is 0 Å². The lowest BCUT2D eigenvalue weighted by atomic mass is 9.87. The summed E-state index contributed by atoms with van der Waals surface area (Å²) in [4.78, 5) is 25.8. The highest BCUT2D eigenvalue weighted by Gasteiger charge is 2.30. The minimum atomic E-state index is -4.26. The molecule has 254 valence electrons. The molecule has 0 radical (unpaired) electrons. The Morgan fingerprint density at radius 3 is 2.67 bits per heavy atom. The van der Waals surface area contributed by atoms with Gasteiger partial charge in [0.15, 0.2) is 0 Å². The maximum atomic E-state index is 13.0. The summed E-state index contributed by atoms with van der Waals surface area (Å²) in [6, 6.07) is 10.5. The molecule has 12 heteroatoms. The van der Waals surface area contributed by atoms with E-state index in [9.17, 15) is 23.2 Å². The van der Waals surface area contributed by atoms with Crippen molar-refractivity contribution < 1.29 is 18.0 Å². The van der Waals surface area contributed by atoms with Crippen LogP contribution in [0.25, 0.3) is 21.1 Å². The van der Waals surface area contributed by atoms with Crippen molar-refractivity contribution >= 4 is 44.2 Å². The van der Waals surface area contributed by atoms with E-state index in [2.05, 4.69) is 63.4 Å². The molecule has 8 nitrogen and oxygen atoms in total. The molecule has 1 N–H and O–H groups in total. The molecule has 2 aliphatic rings. The molecule has 48 heavy (non-hydrogen) atoms. The van der Waals surface area contributed by atoms with Crippen LogP contribution in [0.5, 0.6) is 0 Å². The van der Waals surface area contributed by atoms with E-state index in [0.717, 1.165) is 93.6 Å². The summed E-state index contributed by atoms with van der Waals surface area (Å²) in [6.45, 7) is 12.9. The molecule has 5 heterocycles. The monoisotopic (exact) mass is 677 g/mol. The molecule has 2 aliphatic heterocycles. The second-order valence-electron chi connectivity index (χ2n) is 13.4. The lowest BCUT2D eigenvalue weighted by Gasteiger charge is -2.33. The SMILES string of the molecule is C=CC(=O)N1CCCC(C(C)Cn2c(C#N)cc3c(C)c(CN4CCC(Nc5ncnc6sc(CC(F)(F)F)cc56)CC4)ccc32)CC1. The molecule has 1 aromatic carbocycles. The smallest absolute Gasteiger partial charge is 0.367 e. The summed E-state index contributed by atoms with van der Waals surface area (Å²) >= 11 is 1.07. The summed E-state index contributed by atoms with van der Waals surface area (Å²) in [7, 11) is 0. The molecule has 3 aromatic heterocycles. The van der Waals surface area contributed by atoms with Crippen molar-refractivity contribution in [3.63, 3.8) is 0 Å². The van der Waals surface area contributed by atoms with Gasteiger partial charge in [0.2, 0.25) is 5.91 Å². The fraction of sp³-hybridized carbons (Fsp3) is 0.500. The van der Waals surface area contributed by atoms with Crippen LogP contribution in [0.4, 0.5) is 19.0 Å². The number of aryl methyl sites for hydroxylation is 1. The van der Waals surface area contributed by atoms with E-state index in [4.69, 9.17) is 0 Å². The van der Waals surface area contributed by atoms with Crippen LogP contribution in [0.1, 0.15) is 60.7 Å². The van der Waals surface area contributed by atoms with Gasteiger partial charge in [-0.3, -0.25) is 9.69 Å². The standard InChI is InChI=1S/C36H42F3N7OS/c1-4-33(47)45-12-5-6-25(9-15-45)23(2)20-46-28(19-40)16-30-24(3)26(7-8-32(30)46)21-44-13-10-27(11-14-44)43-34-31-17-29(18-36(37,38)39)48-35(31)42-22-41-34/h4,7-8,16-17,22-23,25,27H,1,5-6,9-15,18,20-21H2,2-3H3,(H,41,42,43). The maximum absolute atomic E-state index is 13.0. The molecule has 2 atom stereocenters. The number of rotatable bonds is 9. The number of halogens is 3. The largest absolute Gasteiger partial charge is 0.393 e. The van der Waals surface area contributed by atoms with E-state index < -0.39 is 12.6 Å². The molecule has 1 amide bonds. The highest BCUT2D eigenvalue weighted by molar-refractivity contribution is 7.18. The van der Waals surface area contributed by atoms with Crippen molar-refractivity contribution in [1.82, 2.24) is 24.3 Å². The van der Waals surface area contributed by atoms with Crippen LogP contribution in [0, 0.1) is 30.1 Å². The number of fused-ring (bicyclic) bond motifs is 2. The van der Waals surface area contributed by atoms with E-state index in [1.807, 2.05) is 11.0 Å².